The zero-order valence-electron chi connectivity index (χ0n) is 9.71. The van der Waals surface area contributed by atoms with Gasteiger partial charge in [0.1, 0.15) is 0 Å². The molecule has 0 aliphatic heterocycles. The number of nitrogens with two attached hydrogens (primary N) is 1. The van der Waals surface area contributed by atoms with Gasteiger partial charge in [0.15, 0.2) is 0 Å². The largest absolute Gasteiger partial charge is 0.350 e. The van der Waals surface area contributed by atoms with Crippen molar-refractivity contribution < 1.29 is 4.79 Å². The van der Waals surface area contributed by atoms with Gasteiger partial charge in [0.25, 0.3) is 5.91 Å². The van der Waals surface area contributed by atoms with Crippen molar-refractivity contribution in [3.63, 3.8) is 0 Å². The monoisotopic (exact) mass is 308 g/mol. The predicted molar refractivity (Wildman–Crippen MR) is 76.8 cm³/mol. The molecule has 2 rings (SSSR count). The van der Waals surface area contributed by atoms with Crippen molar-refractivity contribution >= 4 is 41.5 Å². The minimum Gasteiger partial charge on any atom is -0.350 e. The van der Waals surface area contributed by atoms with Gasteiger partial charge in [-0.3, -0.25) is 4.79 Å². The van der Waals surface area contributed by atoms with E-state index in [-0.39, 0.29) is 23.9 Å². The lowest BCUT2D eigenvalue weighted by Crippen LogP contribution is -2.54. The van der Waals surface area contributed by atoms with Gasteiger partial charge in [0.05, 0.1) is 15.6 Å². The Kier molecular flexibility index (Phi) is 5.29. The molecule has 1 aromatic rings. The minimum atomic E-state index is -0.266. The van der Waals surface area contributed by atoms with Crippen LogP contribution in [0.5, 0.6) is 0 Å². The third kappa shape index (κ3) is 3.29. The summed E-state index contributed by atoms with van der Waals surface area (Å²) in [5.74, 6) is -0.266. The van der Waals surface area contributed by atoms with Crippen molar-refractivity contribution in [1.29, 1.82) is 0 Å². The van der Waals surface area contributed by atoms with Crippen LogP contribution in [0.4, 0.5) is 0 Å². The molecule has 1 amide bonds. The van der Waals surface area contributed by atoms with Crippen LogP contribution in [-0.4, -0.2) is 18.0 Å². The highest BCUT2D eigenvalue weighted by Crippen LogP contribution is 2.29. The van der Waals surface area contributed by atoms with Gasteiger partial charge < -0.3 is 11.1 Å². The molecule has 1 aromatic carbocycles. The first-order valence-electron chi connectivity index (χ1n) is 5.53. The summed E-state index contributed by atoms with van der Waals surface area (Å²) >= 11 is 11.9. The average molecular weight is 310 g/mol. The molecule has 0 atom stereocenters. The standard InChI is InChI=1S/C12H14Cl2N2O.ClH/c13-8-3-1-4-9(14)10(8)11(17)16-7-12(15)5-2-6-12;/h1,3-4H,2,5-7,15H2,(H,16,17);1H. The van der Waals surface area contributed by atoms with E-state index in [0.717, 1.165) is 19.3 Å². The number of nitrogens with one attached hydrogen (secondary N) is 1. The maximum atomic E-state index is 11.9. The van der Waals surface area contributed by atoms with Gasteiger partial charge in [-0.05, 0) is 31.4 Å². The quantitative estimate of drug-likeness (QED) is 0.901. The van der Waals surface area contributed by atoms with Crippen molar-refractivity contribution in [2.75, 3.05) is 6.54 Å². The summed E-state index contributed by atoms with van der Waals surface area (Å²) in [6.45, 7) is 0.466. The maximum Gasteiger partial charge on any atom is 0.254 e. The minimum absolute atomic E-state index is 0. The summed E-state index contributed by atoms with van der Waals surface area (Å²) in [6.07, 6.45) is 3.02. The third-order valence-electron chi connectivity index (χ3n) is 3.14. The van der Waals surface area contributed by atoms with E-state index in [2.05, 4.69) is 5.32 Å². The zero-order chi connectivity index (χ0) is 12.5. The highest BCUT2D eigenvalue weighted by atomic mass is 35.5. The Bertz CT molecular complexity index is 427. The maximum absolute atomic E-state index is 11.9. The fourth-order valence-corrected chi connectivity index (χ4v) is 2.44. The fraction of sp³-hybridized carbons (Fsp3) is 0.417. The Morgan fingerprint density at radius 1 is 1.33 bits per heavy atom. The van der Waals surface area contributed by atoms with Crippen molar-refractivity contribution in [2.45, 2.75) is 24.8 Å². The molecule has 0 bridgehead atoms. The summed E-state index contributed by atoms with van der Waals surface area (Å²) in [7, 11) is 0. The van der Waals surface area contributed by atoms with Crippen LogP contribution in [0.3, 0.4) is 0 Å². The molecule has 0 unspecified atom stereocenters. The van der Waals surface area contributed by atoms with Gasteiger partial charge in [-0.1, -0.05) is 29.3 Å². The molecule has 3 nitrogen and oxygen atoms in total. The van der Waals surface area contributed by atoms with E-state index in [1.165, 1.54) is 0 Å². The summed E-state index contributed by atoms with van der Waals surface area (Å²) in [6, 6.07) is 4.99. The van der Waals surface area contributed by atoms with E-state index >= 15 is 0 Å². The number of amides is 1. The second-order valence-corrected chi connectivity index (χ2v) is 5.31. The molecule has 1 aliphatic rings. The lowest BCUT2D eigenvalue weighted by atomic mass is 9.78. The van der Waals surface area contributed by atoms with E-state index in [1.807, 2.05) is 0 Å². The second kappa shape index (κ2) is 6.11. The van der Waals surface area contributed by atoms with Crippen LogP contribution >= 0.6 is 35.6 Å². The molecule has 1 saturated carbocycles. The number of rotatable bonds is 3. The molecule has 1 aliphatic carbocycles. The molecular weight excluding hydrogens is 295 g/mol. The second-order valence-electron chi connectivity index (χ2n) is 4.50. The van der Waals surface area contributed by atoms with Gasteiger partial charge in [0.2, 0.25) is 0 Å². The van der Waals surface area contributed by atoms with Crippen LogP contribution in [0, 0.1) is 0 Å². The van der Waals surface area contributed by atoms with Crippen LogP contribution in [-0.2, 0) is 0 Å². The van der Waals surface area contributed by atoms with Crippen LogP contribution in [0.2, 0.25) is 10.0 Å². The molecular formula is C12H15Cl3N2O. The lowest BCUT2D eigenvalue weighted by Gasteiger charge is -2.38. The lowest BCUT2D eigenvalue weighted by molar-refractivity contribution is 0.0930. The molecule has 0 spiro atoms. The van der Waals surface area contributed by atoms with Crippen molar-refractivity contribution in [1.82, 2.24) is 5.32 Å². The number of benzene rings is 1. The van der Waals surface area contributed by atoms with E-state index in [1.54, 1.807) is 18.2 Å². The molecule has 1 fully saturated rings. The summed E-state index contributed by atoms with van der Waals surface area (Å²) < 4.78 is 0. The summed E-state index contributed by atoms with van der Waals surface area (Å²) in [5, 5.41) is 3.50. The Hall–Kier alpha value is -0.480. The first kappa shape index (κ1) is 15.6. The molecule has 0 aromatic heterocycles. The number of hydrogen-bond acceptors (Lipinski definition) is 2. The summed E-state index contributed by atoms with van der Waals surface area (Å²) in [4.78, 5) is 11.9. The Labute approximate surface area is 122 Å². The van der Waals surface area contributed by atoms with Gasteiger partial charge in [-0.15, -0.1) is 12.4 Å². The number of halogens is 3. The SMILES string of the molecule is Cl.NC1(CNC(=O)c2c(Cl)cccc2Cl)CCC1. The van der Waals surface area contributed by atoms with Crippen molar-refractivity contribution in [3.8, 4) is 0 Å². The highest BCUT2D eigenvalue weighted by molar-refractivity contribution is 6.39. The smallest absolute Gasteiger partial charge is 0.254 e. The third-order valence-corrected chi connectivity index (χ3v) is 3.77. The molecule has 0 radical (unpaired) electrons. The Morgan fingerprint density at radius 2 is 1.89 bits per heavy atom. The van der Waals surface area contributed by atoms with Crippen LogP contribution in [0.15, 0.2) is 18.2 Å². The Balaban J connectivity index is 0.00000162. The fourth-order valence-electron chi connectivity index (χ4n) is 1.87. The van der Waals surface area contributed by atoms with E-state index < -0.39 is 0 Å². The highest BCUT2D eigenvalue weighted by Gasteiger charge is 2.33. The van der Waals surface area contributed by atoms with Gasteiger partial charge in [0, 0.05) is 12.1 Å². The molecule has 18 heavy (non-hydrogen) atoms. The predicted octanol–water partition coefficient (Wildman–Crippen LogP) is 3.03. The topological polar surface area (TPSA) is 55.1 Å². The van der Waals surface area contributed by atoms with Crippen LogP contribution in [0.1, 0.15) is 29.6 Å². The zero-order valence-corrected chi connectivity index (χ0v) is 12.0. The molecule has 6 heteroatoms. The van der Waals surface area contributed by atoms with Crippen LogP contribution < -0.4 is 11.1 Å². The van der Waals surface area contributed by atoms with Crippen molar-refractivity contribution in [2.24, 2.45) is 5.73 Å². The molecule has 100 valence electrons. The van der Waals surface area contributed by atoms with E-state index in [4.69, 9.17) is 28.9 Å². The normalized spacial score (nSPS) is 16.4. The van der Waals surface area contributed by atoms with Crippen molar-refractivity contribution in [3.05, 3.63) is 33.8 Å². The van der Waals surface area contributed by atoms with Gasteiger partial charge in [-0.2, -0.15) is 0 Å². The Morgan fingerprint density at radius 3 is 2.33 bits per heavy atom. The van der Waals surface area contributed by atoms with Gasteiger partial charge in [-0.25, -0.2) is 0 Å². The van der Waals surface area contributed by atoms with Gasteiger partial charge >= 0.3 is 0 Å². The first-order valence-corrected chi connectivity index (χ1v) is 6.28. The number of carbonyl (C=O) groups excluding carboxylic acids is 1. The summed E-state index contributed by atoms with van der Waals surface area (Å²) in [5.41, 5.74) is 6.10. The number of hydrogen-bond donors (Lipinski definition) is 2. The van der Waals surface area contributed by atoms with E-state index in [0.29, 0.717) is 22.2 Å². The molecule has 3 N–H and O–H groups in total. The van der Waals surface area contributed by atoms with Crippen LogP contribution in [0.25, 0.3) is 0 Å². The molecule has 0 saturated heterocycles. The first-order chi connectivity index (χ1) is 8.02. The average Bonchev–Trinajstić information content (AvgIpc) is 2.23. The number of carbonyl (C=O) groups is 1. The van der Waals surface area contributed by atoms with E-state index in [9.17, 15) is 4.79 Å². The molecule has 0 heterocycles.